The second-order valence-electron chi connectivity index (χ2n) is 9.52. The number of alkyl halides is 1. The molecular formula is C27H32FN7O5. The first-order chi connectivity index (χ1) is 19.6. The molecule has 40 heavy (non-hydrogen) atoms. The van der Waals surface area contributed by atoms with E-state index in [0.717, 1.165) is 31.5 Å². The molecule has 1 aromatic carbocycles. The Morgan fingerprint density at radius 3 is 2.60 bits per heavy atom. The van der Waals surface area contributed by atoms with Gasteiger partial charge in [0.2, 0.25) is 0 Å². The quantitative estimate of drug-likeness (QED) is 0.385. The normalized spacial score (nSPS) is 16.5. The van der Waals surface area contributed by atoms with Gasteiger partial charge in [0, 0.05) is 64.5 Å². The maximum absolute atomic E-state index is 13.1. The Balaban J connectivity index is 1.22. The van der Waals surface area contributed by atoms with Gasteiger partial charge in [-0.1, -0.05) is 6.07 Å². The molecule has 2 fully saturated rings. The first-order valence-electron chi connectivity index (χ1n) is 13.3. The van der Waals surface area contributed by atoms with Gasteiger partial charge in [0.05, 0.1) is 24.5 Å². The number of ether oxygens (including phenoxy) is 2. The van der Waals surface area contributed by atoms with Gasteiger partial charge in [0.25, 0.3) is 17.8 Å². The van der Waals surface area contributed by atoms with Crippen molar-refractivity contribution in [2.45, 2.75) is 25.5 Å². The van der Waals surface area contributed by atoms with Crippen LogP contribution in [0.1, 0.15) is 39.3 Å². The fourth-order valence-corrected chi connectivity index (χ4v) is 4.62. The number of nitrogens with zero attached hydrogens (tertiary/aromatic N) is 5. The Kier molecular flexibility index (Phi) is 9.14. The first kappa shape index (κ1) is 27.5. The highest BCUT2D eigenvalue weighted by molar-refractivity contribution is 6.08. The fraction of sp³-hybridized carbons (Fsp3) is 0.444. The van der Waals surface area contributed by atoms with Crippen LogP contribution in [0.5, 0.6) is 6.01 Å². The summed E-state index contributed by atoms with van der Waals surface area (Å²) in [5.74, 6) is -0.987. The lowest BCUT2D eigenvalue weighted by molar-refractivity contribution is 0.0342. The molecule has 0 saturated carbocycles. The minimum absolute atomic E-state index is 0.0236. The summed E-state index contributed by atoms with van der Waals surface area (Å²) < 4.78 is 29.6. The third-order valence-electron chi connectivity index (χ3n) is 6.72. The van der Waals surface area contributed by atoms with Crippen molar-refractivity contribution >= 4 is 23.5 Å². The molecule has 4 heterocycles. The fourth-order valence-electron chi connectivity index (χ4n) is 4.62. The first-order valence-corrected chi connectivity index (χ1v) is 13.3. The Hall–Kier alpha value is -4.10. The summed E-state index contributed by atoms with van der Waals surface area (Å²) in [7, 11) is 0. The number of hydrogen-bond acceptors (Lipinski definition) is 10. The van der Waals surface area contributed by atoms with E-state index in [-0.39, 0.29) is 23.9 Å². The summed E-state index contributed by atoms with van der Waals surface area (Å²) in [6, 6.07) is 7.68. The highest BCUT2D eigenvalue weighted by Crippen LogP contribution is 2.24. The zero-order chi connectivity index (χ0) is 27.7. The molecule has 0 unspecified atom stereocenters. The van der Waals surface area contributed by atoms with Gasteiger partial charge >= 0.3 is 6.01 Å². The number of amides is 2. The number of rotatable bonds is 10. The molecule has 2 saturated heterocycles. The van der Waals surface area contributed by atoms with Gasteiger partial charge in [0.15, 0.2) is 5.69 Å². The molecule has 2 N–H and O–H groups in total. The molecule has 2 aromatic heterocycles. The van der Waals surface area contributed by atoms with Crippen molar-refractivity contribution in [1.82, 2.24) is 25.2 Å². The maximum Gasteiger partial charge on any atom is 0.316 e. The van der Waals surface area contributed by atoms with Crippen LogP contribution in [0.4, 0.5) is 16.1 Å². The molecule has 0 bridgehead atoms. The molecule has 12 nitrogen and oxygen atoms in total. The molecule has 0 atom stereocenters. The number of halogens is 1. The van der Waals surface area contributed by atoms with Crippen molar-refractivity contribution < 1.29 is 27.9 Å². The molecule has 212 valence electrons. The van der Waals surface area contributed by atoms with Crippen LogP contribution >= 0.6 is 0 Å². The van der Waals surface area contributed by atoms with Gasteiger partial charge in [0.1, 0.15) is 19.0 Å². The molecule has 5 rings (SSSR count). The SMILES string of the molecule is O=C(Nc1ccc(CN2CCOCC2)cc1C(=O)NCCF)c1coc(N2CCC(Oc3ncccn3)CC2)n1. The Labute approximate surface area is 230 Å². The average molecular weight is 554 g/mol. The molecule has 3 aromatic rings. The molecule has 2 aliphatic rings. The highest BCUT2D eigenvalue weighted by atomic mass is 19.1. The van der Waals surface area contributed by atoms with Gasteiger partial charge in [-0.15, -0.1) is 0 Å². The molecule has 0 aliphatic carbocycles. The van der Waals surface area contributed by atoms with E-state index in [9.17, 15) is 14.0 Å². The van der Waals surface area contributed by atoms with Crippen LogP contribution in [0, 0.1) is 0 Å². The maximum atomic E-state index is 13.1. The minimum atomic E-state index is -0.688. The Morgan fingerprint density at radius 1 is 1.07 bits per heavy atom. The van der Waals surface area contributed by atoms with Gasteiger partial charge < -0.3 is 29.4 Å². The van der Waals surface area contributed by atoms with Crippen LogP contribution in [0.3, 0.4) is 0 Å². The third-order valence-corrected chi connectivity index (χ3v) is 6.72. The van der Waals surface area contributed by atoms with E-state index >= 15 is 0 Å². The average Bonchev–Trinajstić information content (AvgIpc) is 3.49. The number of hydrogen-bond donors (Lipinski definition) is 2. The highest BCUT2D eigenvalue weighted by Gasteiger charge is 2.26. The van der Waals surface area contributed by atoms with Crippen LogP contribution in [0.2, 0.25) is 0 Å². The zero-order valence-corrected chi connectivity index (χ0v) is 22.1. The lowest BCUT2D eigenvalue weighted by Gasteiger charge is -2.30. The van der Waals surface area contributed by atoms with Crippen molar-refractivity contribution in [2.75, 3.05) is 62.8 Å². The van der Waals surface area contributed by atoms with Crippen LogP contribution in [-0.2, 0) is 11.3 Å². The van der Waals surface area contributed by atoms with Crippen molar-refractivity contribution in [2.24, 2.45) is 0 Å². The molecule has 2 amide bonds. The topological polar surface area (TPSA) is 135 Å². The predicted molar refractivity (Wildman–Crippen MR) is 143 cm³/mol. The van der Waals surface area contributed by atoms with E-state index < -0.39 is 18.5 Å². The van der Waals surface area contributed by atoms with Crippen molar-refractivity contribution in [3.8, 4) is 6.01 Å². The number of nitrogens with one attached hydrogen (secondary N) is 2. The van der Waals surface area contributed by atoms with E-state index in [4.69, 9.17) is 13.9 Å². The van der Waals surface area contributed by atoms with Gasteiger partial charge in [-0.2, -0.15) is 4.98 Å². The number of morpholine rings is 1. The Morgan fingerprint density at radius 2 is 1.85 bits per heavy atom. The lowest BCUT2D eigenvalue weighted by atomic mass is 10.1. The molecular weight excluding hydrogens is 521 g/mol. The predicted octanol–water partition coefficient (Wildman–Crippen LogP) is 2.30. The number of carbonyl (C=O) groups excluding carboxylic acids is 2. The Bertz CT molecular complexity index is 1280. The van der Waals surface area contributed by atoms with E-state index in [1.165, 1.54) is 6.26 Å². The molecule has 13 heteroatoms. The van der Waals surface area contributed by atoms with E-state index in [2.05, 4.69) is 30.5 Å². The number of carbonyl (C=O) groups is 2. The van der Waals surface area contributed by atoms with Crippen LogP contribution in [-0.4, -0.2) is 90.4 Å². The molecule has 0 radical (unpaired) electrons. The monoisotopic (exact) mass is 553 g/mol. The third kappa shape index (κ3) is 7.10. The summed E-state index contributed by atoms with van der Waals surface area (Å²) in [5, 5.41) is 5.30. The van der Waals surface area contributed by atoms with Gasteiger partial charge in [-0.25, -0.2) is 14.4 Å². The van der Waals surface area contributed by atoms with Gasteiger partial charge in [-0.3, -0.25) is 14.5 Å². The lowest BCUT2D eigenvalue weighted by Crippen LogP contribution is -2.38. The number of piperidine rings is 1. The minimum Gasteiger partial charge on any atom is -0.460 e. The number of oxazole rings is 1. The largest absolute Gasteiger partial charge is 0.460 e. The summed E-state index contributed by atoms with van der Waals surface area (Å²) in [4.78, 5) is 42.6. The van der Waals surface area contributed by atoms with Crippen LogP contribution < -0.4 is 20.3 Å². The summed E-state index contributed by atoms with van der Waals surface area (Å²) in [5.41, 5.74) is 1.54. The summed E-state index contributed by atoms with van der Waals surface area (Å²) in [6.45, 7) is 3.99. The van der Waals surface area contributed by atoms with E-state index in [0.29, 0.717) is 50.6 Å². The van der Waals surface area contributed by atoms with Gasteiger partial charge in [-0.05, 0) is 23.8 Å². The number of aromatic nitrogens is 3. The van der Waals surface area contributed by atoms with Crippen LogP contribution in [0.15, 0.2) is 47.3 Å². The number of benzene rings is 1. The van der Waals surface area contributed by atoms with E-state index in [1.807, 2.05) is 11.0 Å². The second-order valence-corrected chi connectivity index (χ2v) is 9.52. The van der Waals surface area contributed by atoms with Crippen LogP contribution in [0.25, 0.3) is 0 Å². The van der Waals surface area contributed by atoms with E-state index in [1.54, 1.807) is 30.6 Å². The smallest absolute Gasteiger partial charge is 0.316 e. The van der Waals surface area contributed by atoms with Crippen molar-refractivity contribution in [3.63, 3.8) is 0 Å². The standard InChI is InChI=1S/C27H32FN7O5/c28-6-9-29-24(36)21-16-19(17-34-12-14-38-15-13-34)2-3-22(21)32-25(37)23-18-39-27(33-23)35-10-4-20(5-11-35)40-26-30-7-1-8-31-26/h1-3,7-8,16,18,20H,4-6,9-15,17H2,(H,29,36)(H,32,37). The summed E-state index contributed by atoms with van der Waals surface area (Å²) >= 11 is 0. The van der Waals surface area contributed by atoms with Crippen molar-refractivity contribution in [1.29, 1.82) is 0 Å². The van der Waals surface area contributed by atoms with Crippen molar-refractivity contribution in [3.05, 3.63) is 59.7 Å². The molecule has 0 spiro atoms. The molecule has 2 aliphatic heterocycles. The second kappa shape index (κ2) is 13.3. The zero-order valence-electron chi connectivity index (χ0n) is 22.1. The summed E-state index contributed by atoms with van der Waals surface area (Å²) in [6.07, 6.45) is 5.98. The number of anilines is 2.